The summed E-state index contributed by atoms with van der Waals surface area (Å²) in [5.41, 5.74) is 1.30. The summed E-state index contributed by atoms with van der Waals surface area (Å²) in [5, 5.41) is 38.5. The Bertz CT molecular complexity index is 440. The van der Waals surface area contributed by atoms with E-state index in [9.17, 15) is 15.3 Å². The lowest BCUT2D eigenvalue weighted by Crippen LogP contribution is -2.59. The van der Waals surface area contributed by atoms with Crippen molar-refractivity contribution in [3.05, 3.63) is 35.9 Å². The zero-order valence-electron chi connectivity index (χ0n) is 13.1. The van der Waals surface area contributed by atoms with Gasteiger partial charge in [0.15, 0.2) is 6.29 Å². The van der Waals surface area contributed by atoms with Crippen LogP contribution in [0.15, 0.2) is 30.3 Å². The Morgan fingerprint density at radius 3 is 2.39 bits per heavy atom. The summed E-state index contributed by atoms with van der Waals surface area (Å²) in [6.07, 6.45) is -2.04. The largest absolute Gasteiger partial charge is 0.394 e. The molecule has 6 nitrogen and oxygen atoms in total. The van der Waals surface area contributed by atoms with Gasteiger partial charge in [-0.25, -0.2) is 0 Å². The van der Waals surface area contributed by atoms with E-state index in [2.05, 4.69) is 12.1 Å². The monoisotopic (exact) mass is 326 g/mol. The van der Waals surface area contributed by atoms with Gasteiger partial charge in [0.25, 0.3) is 0 Å². The molecule has 2 rings (SSSR count). The summed E-state index contributed by atoms with van der Waals surface area (Å²) in [6.45, 7) is -0.0691. The van der Waals surface area contributed by atoms with Crippen LogP contribution in [0.3, 0.4) is 0 Å². The van der Waals surface area contributed by atoms with Gasteiger partial charge in [0.1, 0.15) is 24.4 Å². The fraction of sp³-hybridized carbons (Fsp3) is 0.647. The second kappa shape index (κ2) is 9.32. The average molecular weight is 326 g/mol. The molecule has 0 aromatic heterocycles. The molecule has 1 aliphatic rings. The molecule has 4 N–H and O–H groups in total. The maximum absolute atomic E-state index is 9.99. The van der Waals surface area contributed by atoms with Crippen LogP contribution in [0.4, 0.5) is 0 Å². The van der Waals surface area contributed by atoms with Gasteiger partial charge in [0, 0.05) is 6.61 Å². The van der Waals surface area contributed by atoms with Crippen molar-refractivity contribution < 1.29 is 29.9 Å². The van der Waals surface area contributed by atoms with Crippen molar-refractivity contribution in [2.45, 2.75) is 56.4 Å². The van der Waals surface area contributed by atoms with E-state index >= 15 is 0 Å². The second-order valence-electron chi connectivity index (χ2n) is 5.86. The molecule has 0 aliphatic carbocycles. The van der Waals surface area contributed by atoms with Crippen molar-refractivity contribution in [1.29, 1.82) is 0 Å². The second-order valence-corrected chi connectivity index (χ2v) is 5.86. The van der Waals surface area contributed by atoms with Crippen LogP contribution < -0.4 is 0 Å². The van der Waals surface area contributed by atoms with Crippen LogP contribution in [0.1, 0.15) is 24.8 Å². The molecule has 1 aromatic rings. The molecule has 1 aromatic carbocycles. The highest BCUT2D eigenvalue weighted by molar-refractivity contribution is 5.14. The summed E-state index contributed by atoms with van der Waals surface area (Å²) in [4.78, 5) is 0. The maximum atomic E-state index is 9.99. The topological polar surface area (TPSA) is 99.4 Å². The summed E-state index contributed by atoms with van der Waals surface area (Å²) in [7, 11) is 0. The number of rotatable bonds is 8. The minimum Gasteiger partial charge on any atom is -0.394 e. The zero-order chi connectivity index (χ0) is 16.7. The van der Waals surface area contributed by atoms with Crippen LogP contribution in [0.2, 0.25) is 0 Å². The lowest BCUT2D eigenvalue weighted by atomic mass is 9.99. The molecule has 5 atom stereocenters. The molecule has 0 bridgehead atoms. The number of hydrogen-bond acceptors (Lipinski definition) is 6. The molecule has 1 saturated heterocycles. The van der Waals surface area contributed by atoms with Crippen LogP contribution >= 0.6 is 0 Å². The number of aliphatic hydroxyl groups excluding tert-OH is 4. The third kappa shape index (κ3) is 5.24. The molecule has 0 saturated carbocycles. The molecule has 0 amide bonds. The van der Waals surface area contributed by atoms with Crippen molar-refractivity contribution in [2.75, 3.05) is 13.2 Å². The van der Waals surface area contributed by atoms with Crippen molar-refractivity contribution in [1.82, 2.24) is 0 Å². The van der Waals surface area contributed by atoms with Crippen LogP contribution in [0.5, 0.6) is 0 Å². The van der Waals surface area contributed by atoms with Crippen molar-refractivity contribution in [3.63, 3.8) is 0 Å². The van der Waals surface area contributed by atoms with Crippen molar-refractivity contribution >= 4 is 0 Å². The molecular formula is C17H26O6. The number of aryl methyl sites for hydroxylation is 1. The van der Waals surface area contributed by atoms with Gasteiger partial charge >= 0.3 is 0 Å². The quantitative estimate of drug-likeness (QED) is 0.510. The Hall–Kier alpha value is -1.02. The molecule has 1 unspecified atom stereocenters. The Labute approximate surface area is 136 Å². The highest BCUT2D eigenvalue weighted by Crippen LogP contribution is 2.22. The third-order valence-corrected chi connectivity index (χ3v) is 4.10. The highest BCUT2D eigenvalue weighted by atomic mass is 16.6. The first-order valence-corrected chi connectivity index (χ1v) is 8.09. The van der Waals surface area contributed by atoms with Gasteiger partial charge in [-0.15, -0.1) is 0 Å². The molecule has 0 spiro atoms. The Morgan fingerprint density at radius 2 is 1.70 bits per heavy atom. The predicted octanol–water partition coefficient (Wildman–Crippen LogP) is 0.216. The first kappa shape index (κ1) is 18.3. The van der Waals surface area contributed by atoms with Gasteiger partial charge in [0.05, 0.1) is 6.61 Å². The average Bonchev–Trinajstić information content (AvgIpc) is 2.57. The lowest BCUT2D eigenvalue weighted by molar-refractivity contribution is -0.294. The molecule has 23 heavy (non-hydrogen) atoms. The van der Waals surface area contributed by atoms with Gasteiger partial charge in [0.2, 0.25) is 0 Å². The number of hydrogen-bond donors (Lipinski definition) is 4. The first-order chi connectivity index (χ1) is 11.1. The molecule has 1 fully saturated rings. The summed E-state index contributed by atoms with van der Waals surface area (Å²) in [5.74, 6) is 0. The van der Waals surface area contributed by atoms with E-state index in [0.29, 0.717) is 6.61 Å². The molecular weight excluding hydrogens is 300 g/mol. The Kier molecular flexibility index (Phi) is 7.42. The fourth-order valence-electron chi connectivity index (χ4n) is 2.74. The van der Waals surface area contributed by atoms with Crippen molar-refractivity contribution in [2.24, 2.45) is 0 Å². The first-order valence-electron chi connectivity index (χ1n) is 8.09. The van der Waals surface area contributed by atoms with Gasteiger partial charge in [-0.3, -0.25) is 0 Å². The number of benzene rings is 1. The van der Waals surface area contributed by atoms with Crippen LogP contribution in [-0.4, -0.2) is 64.3 Å². The number of unbranched alkanes of at least 4 members (excludes halogenated alkanes) is 2. The Balaban J connectivity index is 1.66. The van der Waals surface area contributed by atoms with Crippen LogP contribution in [0, 0.1) is 0 Å². The zero-order valence-corrected chi connectivity index (χ0v) is 13.1. The molecule has 130 valence electrons. The normalized spacial score (nSPS) is 31.2. The molecule has 1 heterocycles. The van der Waals surface area contributed by atoms with E-state index in [1.165, 1.54) is 5.56 Å². The van der Waals surface area contributed by atoms with E-state index in [1.807, 2.05) is 18.2 Å². The van der Waals surface area contributed by atoms with E-state index in [0.717, 1.165) is 25.7 Å². The SMILES string of the molecule is OC[C@H]1OC(O)[C@H](O)[C@@H](OCCCCCc2ccccc2)[C@@H]1O. The maximum Gasteiger partial charge on any atom is 0.184 e. The highest BCUT2D eigenvalue weighted by Gasteiger charge is 2.44. The smallest absolute Gasteiger partial charge is 0.184 e. The minimum atomic E-state index is -1.46. The van der Waals surface area contributed by atoms with Crippen LogP contribution in [-0.2, 0) is 15.9 Å². The standard InChI is InChI=1S/C17H26O6/c18-11-13-14(19)16(15(20)17(21)23-13)22-10-6-2-5-9-12-7-3-1-4-8-12/h1,3-4,7-8,13-21H,2,5-6,9-11H2/t13-,14-,15-,16+,17?/m1/s1. The molecule has 0 radical (unpaired) electrons. The number of ether oxygens (including phenoxy) is 2. The van der Waals surface area contributed by atoms with Gasteiger partial charge in [-0.2, -0.15) is 0 Å². The summed E-state index contributed by atoms with van der Waals surface area (Å²) in [6, 6.07) is 10.2. The van der Waals surface area contributed by atoms with Crippen molar-refractivity contribution in [3.8, 4) is 0 Å². The minimum absolute atomic E-state index is 0.373. The van der Waals surface area contributed by atoms with E-state index < -0.39 is 37.3 Å². The van der Waals surface area contributed by atoms with Gasteiger partial charge < -0.3 is 29.9 Å². The number of aliphatic hydroxyl groups is 4. The lowest BCUT2D eigenvalue weighted by Gasteiger charge is -2.39. The fourth-order valence-corrected chi connectivity index (χ4v) is 2.74. The third-order valence-electron chi connectivity index (χ3n) is 4.10. The summed E-state index contributed by atoms with van der Waals surface area (Å²) >= 11 is 0. The van der Waals surface area contributed by atoms with E-state index in [-0.39, 0.29) is 0 Å². The van der Waals surface area contributed by atoms with E-state index in [4.69, 9.17) is 14.6 Å². The molecule has 1 aliphatic heterocycles. The summed E-state index contributed by atoms with van der Waals surface area (Å²) < 4.78 is 10.4. The molecule has 6 heteroatoms. The predicted molar refractivity (Wildman–Crippen MR) is 83.7 cm³/mol. The van der Waals surface area contributed by atoms with Gasteiger partial charge in [-0.05, 0) is 24.8 Å². The van der Waals surface area contributed by atoms with E-state index in [1.54, 1.807) is 0 Å². The Morgan fingerprint density at radius 1 is 0.957 bits per heavy atom. The van der Waals surface area contributed by atoms with Gasteiger partial charge in [-0.1, -0.05) is 36.8 Å². The van der Waals surface area contributed by atoms with Crippen LogP contribution in [0.25, 0.3) is 0 Å².